The Hall–Kier alpha value is -2.63. The Labute approximate surface area is 148 Å². The summed E-state index contributed by atoms with van der Waals surface area (Å²) in [4.78, 5) is 18.6. The summed E-state index contributed by atoms with van der Waals surface area (Å²) in [5, 5.41) is 5.87. The molecule has 0 atom stereocenters. The number of halogens is 1. The van der Waals surface area contributed by atoms with E-state index in [-0.39, 0.29) is 23.8 Å². The van der Waals surface area contributed by atoms with Gasteiger partial charge in [-0.1, -0.05) is 0 Å². The number of aromatic nitrogens is 1. The van der Waals surface area contributed by atoms with E-state index in [9.17, 15) is 9.18 Å². The first kappa shape index (κ1) is 18.7. The molecule has 134 valence electrons. The van der Waals surface area contributed by atoms with Gasteiger partial charge in [0.1, 0.15) is 11.6 Å². The summed E-state index contributed by atoms with van der Waals surface area (Å²) in [5.74, 6) is -0.201. The van der Waals surface area contributed by atoms with Crippen LogP contribution in [0.4, 0.5) is 21.6 Å². The number of nitrogens with zero attached hydrogens (tertiary/aromatic N) is 2. The lowest BCUT2D eigenvalue weighted by atomic mass is 10.2. The minimum atomic E-state index is -0.374. The Morgan fingerprint density at radius 3 is 2.52 bits per heavy atom. The third-order valence-corrected chi connectivity index (χ3v) is 3.84. The van der Waals surface area contributed by atoms with E-state index in [4.69, 9.17) is 0 Å². The molecule has 2 N–H and O–H groups in total. The van der Waals surface area contributed by atoms with Crippen LogP contribution >= 0.6 is 0 Å². The average Bonchev–Trinajstić information content (AvgIpc) is 2.54. The molecule has 2 rings (SSSR count). The third kappa shape index (κ3) is 4.68. The lowest BCUT2D eigenvalue weighted by molar-refractivity contribution is 0.102. The first-order valence-corrected chi connectivity index (χ1v) is 8.35. The first-order valence-electron chi connectivity index (χ1n) is 8.35. The van der Waals surface area contributed by atoms with Crippen molar-refractivity contribution < 1.29 is 9.18 Å². The van der Waals surface area contributed by atoms with Crippen LogP contribution in [0.5, 0.6) is 0 Å². The molecule has 0 aliphatic rings. The number of pyridine rings is 1. The average molecular weight is 344 g/mol. The fraction of sp³-hybridized carbons (Fsp3) is 0.368. The molecule has 0 aliphatic carbocycles. The fourth-order valence-corrected chi connectivity index (χ4v) is 2.32. The summed E-state index contributed by atoms with van der Waals surface area (Å²) in [6.07, 6.45) is 1.62. The largest absolute Gasteiger partial charge is 0.370 e. The monoisotopic (exact) mass is 344 g/mol. The molecule has 0 saturated heterocycles. The van der Waals surface area contributed by atoms with Gasteiger partial charge in [0.15, 0.2) is 0 Å². The van der Waals surface area contributed by atoms with E-state index in [1.165, 1.54) is 6.07 Å². The van der Waals surface area contributed by atoms with Gasteiger partial charge in [0.25, 0.3) is 5.91 Å². The number of anilines is 3. The van der Waals surface area contributed by atoms with Gasteiger partial charge in [0.2, 0.25) is 0 Å². The van der Waals surface area contributed by atoms with Gasteiger partial charge < -0.3 is 15.5 Å². The number of hydrogen-bond acceptors (Lipinski definition) is 4. The molecule has 1 aromatic heterocycles. The summed E-state index contributed by atoms with van der Waals surface area (Å²) < 4.78 is 14.3. The molecular formula is C19H25FN4O. The van der Waals surface area contributed by atoms with Crippen molar-refractivity contribution in [1.82, 2.24) is 4.98 Å². The van der Waals surface area contributed by atoms with Crippen LogP contribution in [0.2, 0.25) is 0 Å². The highest BCUT2D eigenvalue weighted by Gasteiger charge is 2.15. The second kappa shape index (κ2) is 7.96. The zero-order valence-electron chi connectivity index (χ0n) is 15.3. The Morgan fingerprint density at radius 1 is 1.20 bits per heavy atom. The lowest BCUT2D eigenvalue weighted by Crippen LogP contribution is -2.26. The zero-order valence-corrected chi connectivity index (χ0v) is 15.3. The second-order valence-corrected chi connectivity index (χ2v) is 6.52. The van der Waals surface area contributed by atoms with E-state index < -0.39 is 0 Å². The molecule has 5 nitrogen and oxygen atoms in total. The van der Waals surface area contributed by atoms with Crippen LogP contribution in [-0.4, -0.2) is 30.0 Å². The maximum absolute atomic E-state index is 14.3. The highest BCUT2D eigenvalue weighted by atomic mass is 19.1. The minimum absolute atomic E-state index is 0.143. The predicted molar refractivity (Wildman–Crippen MR) is 101 cm³/mol. The van der Waals surface area contributed by atoms with Crippen molar-refractivity contribution in [2.75, 3.05) is 22.6 Å². The summed E-state index contributed by atoms with van der Waals surface area (Å²) in [6.45, 7) is 7.91. The number of carbonyl (C=O) groups excluding carboxylic acids is 1. The van der Waals surface area contributed by atoms with Crippen molar-refractivity contribution in [2.45, 2.75) is 39.8 Å². The van der Waals surface area contributed by atoms with Crippen LogP contribution < -0.4 is 15.5 Å². The van der Waals surface area contributed by atoms with E-state index in [1.807, 2.05) is 39.6 Å². The van der Waals surface area contributed by atoms with Crippen molar-refractivity contribution in [3.05, 3.63) is 47.9 Å². The van der Waals surface area contributed by atoms with Gasteiger partial charge >= 0.3 is 0 Å². The molecule has 0 unspecified atom stereocenters. The maximum atomic E-state index is 14.3. The third-order valence-electron chi connectivity index (χ3n) is 3.84. The topological polar surface area (TPSA) is 57.3 Å². The van der Waals surface area contributed by atoms with Gasteiger partial charge in [-0.25, -0.2) is 9.37 Å². The molecule has 0 spiro atoms. The van der Waals surface area contributed by atoms with Crippen molar-refractivity contribution in [2.24, 2.45) is 0 Å². The number of rotatable bonds is 6. The number of amides is 1. The number of benzene rings is 1. The van der Waals surface area contributed by atoms with E-state index >= 15 is 0 Å². The van der Waals surface area contributed by atoms with Gasteiger partial charge in [0.05, 0.1) is 11.3 Å². The first-order chi connectivity index (χ1) is 11.8. The molecule has 25 heavy (non-hydrogen) atoms. The lowest BCUT2D eigenvalue weighted by Gasteiger charge is -2.24. The summed E-state index contributed by atoms with van der Waals surface area (Å²) in [5.41, 5.74) is 1.32. The molecule has 0 radical (unpaired) electrons. The number of nitrogens with one attached hydrogen (secondary N) is 2. The Balaban J connectivity index is 2.20. The van der Waals surface area contributed by atoms with Crippen molar-refractivity contribution >= 4 is 23.1 Å². The Bertz CT molecular complexity index is 746. The van der Waals surface area contributed by atoms with Gasteiger partial charge in [-0.15, -0.1) is 0 Å². The Kier molecular flexibility index (Phi) is 5.96. The molecule has 1 aromatic carbocycles. The molecule has 0 aliphatic heterocycles. The quantitative estimate of drug-likeness (QED) is 0.827. The van der Waals surface area contributed by atoms with Crippen molar-refractivity contribution in [3.8, 4) is 0 Å². The van der Waals surface area contributed by atoms with E-state index in [0.29, 0.717) is 22.8 Å². The Morgan fingerprint density at radius 2 is 1.92 bits per heavy atom. The van der Waals surface area contributed by atoms with Crippen molar-refractivity contribution in [3.63, 3.8) is 0 Å². The van der Waals surface area contributed by atoms with Gasteiger partial charge in [-0.05, 0) is 58.0 Å². The second-order valence-electron chi connectivity index (χ2n) is 6.52. The van der Waals surface area contributed by atoms with E-state index in [2.05, 4.69) is 15.6 Å². The molecule has 0 bridgehead atoms. The van der Waals surface area contributed by atoms with E-state index in [1.54, 1.807) is 30.5 Å². The molecule has 0 fully saturated rings. The fourth-order valence-electron chi connectivity index (χ4n) is 2.32. The maximum Gasteiger partial charge on any atom is 0.259 e. The standard InChI is InChI=1S/C19H25FN4O/c1-12(2)22-18-15(7-6-10-21-18)19(25)23-14-8-9-17(16(20)11-14)24(5)13(3)4/h6-13H,1-5H3,(H,21,22)(H,23,25). The molecule has 6 heteroatoms. The minimum Gasteiger partial charge on any atom is -0.370 e. The highest BCUT2D eigenvalue weighted by Crippen LogP contribution is 2.24. The molecule has 2 aromatic rings. The summed E-state index contributed by atoms with van der Waals surface area (Å²) >= 11 is 0. The summed E-state index contributed by atoms with van der Waals surface area (Å²) in [6, 6.07) is 8.40. The van der Waals surface area contributed by atoms with Gasteiger partial charge in [-0.3, -0.25) is 4.79 Å². The molecule has 1 heterocycles. The normalized spacial score (nSPS) is 10.9. The molecule has 0 saturated carbocycles. The van der Waals surface area contributed by atoms with Crippen LogP contribution in [0.1, 0.15) is 38.1 Å². The van der Waals surface area contributed by atoms with Crippen LogP contribution in [0.25, 0.3) is 0 Å². The van der Waals surface area contributed by atoms with Crippen LogP contribution in [0.15, 0.2) is 36.5 Å². The predicted octanol–water partition coefficient (Wildman–Crippen LogP) is 4.14. The number of hydrogen-bond donors (Lipinski definition) is 2. The zero-order chi connectivity index (χ0) is 18.6. The highest BCUT2D eigenvalue weighted by molar-refractivity contribution is 6.07. The van der Waals surface area contributed by atoms with Gasteiger partial charge in [-0.2, -0.15) is 0 Å². The molecule has 1 amide bonds. The van der Waals surface area contributed by atoms with Crippen LogP contribution in [0, 0.1) is 5.82 Å². The van der Waals surface area contributed by atoms with Crippen LogP contribution in [0.3, 0.4) is 0 Å². The smallest absolute Gasteiger partial charge is 0.259 e. The van der Waals surface area contributed by atoms with Crippen molar-refractivity contribution in [1.29, 1.82) is 0 Å². The number of carbonyl (C=O) groups is 1. The van der Waals surface area contributed by atoms with Gasteiger partial charge in [0, 0.05) is 31.0 Å². The SMILES string of the molecule is CC(C)Nc1ncccc1C(=O)Nc1ccc(N(C)C(C)C)c(F)c1. The van der Waals surface area contributed by atoms with E-state index in [0.717, 1.165) is 0 Å². The molecular weight excluding hydrogens is 319 g/mol. The summed E-state index contributed by atoms with van der Waals surface area (Å²) in [7, 11) is 1.83. The van der Waals surface area contributed by atoms with Crippen LogP contribution in [-0.2, 0) is 0 Å².